The first-order chi connectivity index (χ1) is 16.0. The highest BCUT2D eigenvalue weighted by molar-refractivity contribution is 6.23. The van der Waals surface area contributed by atoms with Gasteiger partial charge >= 0.3 is 0 Å². The van der Waals surface area contributed by atoms with E-state index in [0.29, 0.717) is 5.06 Å². The molecule has 3 aliphatic rings. The number of phenolic OH excluding ortho intramolecular Hbond substituents is 1. The molecule has 1 aliphatic heterocycles. The molecular formula is C24H17N3O6. The number of allylic oxidation sites excluding steroid dienone is 4. The maximum Gasteiger partial charge on any atom is 0.288 e. The third-order valence-electron chi connectivity index (χ3n) is 5.53. The van der Waals surface area contributed by atoms with E-state index < -0.39 is 17.6 Å². The average Bonchev–Trinajstić information content (AvgIpc) is 3.21. The molecule has 33 heavy (non-hydrogen) atoms. The molecule has 2 amide bonds. The van der Waals surface area contributed by atoms with Crippen molar-refractivity contribution in [1.82, 2.24) is 5.06 Å². The van der Waals surface area contributed by atoms with Gasteiger partial charge in [0, 0.05) is 11.1 Å². The largest absolute Gasteiger partial charge is 0.508 e. The number of Topliss-reactive ketones (excluding diaryl/α,β-unsaturated/α-hetero) is 1. The van der Waals surface area contributed by atoms with E-state index >= 15 is 0 Å². The zero-order chi connectivity index (χ0) is 23.1. The highest BCUT2D eigenvalue weighted by atomic mass is 16.7. The van der Waals surface area contributed by atoms with Crippen molar-refractivity contribution in [1.29, 1.82) is 0 Å². The summed E-state index contributed by atoms with van der Waals surface area (Å²) in [7, 11) is 0. The number of hydrogen-bond donors (Lipinski definition) is 2. The predicted molar refractivity (Wildman–Crippen MR) is 116 cm³/mol. The third-order valence-corrected chi connectivity index (χ3v) is 5.53. The fourth-order valence-corrected chi connectivity index (χ4v) is 3.85. The molecule has 0 saturated heterocycles. The Kier molecular flexibility index (Phi) is 4.95. The number of aromatic hydroxyl groups is 1. The van der Waals surface area contributed by atoms with E-state index in [-0.39, 0.29) is 51.8 Å². The number of fused-ring (bicyclic) bond motifs is 2. The number of phenols is 1. The Morgan fingerprint density at radius 1 is 0.970 bits per heavy atom. The van der Waals surface area contributed by atoms with Crippen LogP contribution in [0.4, 0.5) is 5.69 Å². The summed E-state index contributed by atoms with van der Waals surface area (Å²) in [5.41, 5.74) is 1.13. The summed E-state index contributed by atoms with van der Waals surface area (Å²) in [5.74, 6) is -2.41. The number of imide groups is 1. The summed E-state index contributed by atoms with van der Waals surface area (Å²) in [6, 6.07) is 8.46. The molecule has 0 saturated carbocycles. The molecule has 5 rings (SSSR count). The monoisotopic (exact) mass is 443 g/mol. The number of carbonyl (C=O) groups is 3. The number of ketones is 1. The van der Waals surface area contributed by atoms with Gasteiger partial charge in [-0.1, -0.05) is 24.3 Å². The van der Waals surface area contributed by atoms with Crippen molar-refractivity contribution in [2.45, 2.75) is 12.8 Å². The summed E-state index contributed by atoms with van der Waals surface area (Å²) in [6.45, 7) is 0.104. The summed E-state index contributed by atoms with van der Waals surface area (Å²) in [5, 5.41) is 28.5. The molecule has 2 aliphatic carbocycles. The number of hydrogen-bond acceptors (Lipinski definition) is 8. The number of benzene rings is 2. The van der Waals surface area contributed by atoms with Crippen molar-refractivity contribution in [2.75, 3.05) is 6.61 Å². The SMILES string of the molecule is O=C1C(N=Nc2cccc3c2C(=O)N(OCC2=CC=CCC2)C3=O)=C(O)c2ccc(O)cc21. The lowest BCUT2D eigenvalue weighted by molar-refractivity contribution is -0.0829. The lowest BCUT2D eigenvalue weighted by Gasteiger charge is -2.15. The molecule has 1 heterocycles. The Balaban J connectivity index is 1.41. The van der Waals surface area contributed by atoms with E-state index in [1.165, 1.54) is 36.4 Å². The zero-order valence-electron chi connectivity index (χ0n) is 17.2. The van der Waals surface area contributed by atoms with Crippen LogP contribution in [0.15, 0.2) is 76.1 Å². The lowest BCUT2D eigenvalue weighted by atomic mass is 10.1. The van der Waals surface area contributed by atoms with Gasteiger partial charge in [0.1, 0.15) is 5.75 Å². The molecule has 0 unspecified atom stereocenters. The summed E-state index contributed by atoms with van der Waals surface area (Å²) < 4.78 is 0. The first-order valence-corrected chi connectivity index (χ1v) is 10.2. The topological polar surface area (TPSA) is 129 Å². The molecule has 9 nitrogen and oxygen atoms in total. The van der Waals surface area contributed by atoms with Crippen LogP contribution >= 0.6 is 0 Å². The van der Waals surface area contributed by atoms with Crippen LogP contribution in [-0.2, 0) is 4.84 Å². The van der Waals surface area contributed by atoms with E-state index in [9.17, 15) is 24.6 Å². The first kappa shape index (κ1) is 20.5. The minimum absolute atomic E-state index is 0.00413. The Morgan fingerprint density at radius 2 is 1.82 bits per heavy atom. The molecule has 2 aromatic carbocycles. The normalized spacial score (nSPS) is 17.3. The number of carbonyl (C=O) groups excluding carboxylic acids is 3. The first-order valence-electron chi connectivity index (χ1n) is 10.2. The lowest BCUT2D eigenvalue weighted by Crippen LogP contribution is -2.30. The molecule has 0 radical (unpaired) electrons. The van der Waals surface area contributed by atoms with Crippen molar-refractivity contribution >= 4 is 29.0 Å². The van der Waals surface area contributed by atoms with E-state index in [2.05, 4.69) is 10.2 Å². The highest BCUT2D eigenvalue weighted by Crippen LogP contribution is 2.36. The van der Waals surface area contributed by atoms with Crippen LogP contribution in [0.5, 0.6) is 5.75 Å². The minimum atomic E-state index is -0.680. The van der Waals surface area contributed by atoms with Gasteiger partial charge in [-0.25, -0.2) is 0 Å². The Morgan fingerprint density at radius 3 is 2.61 bits per heavy atom. The second-order valence-electron chi connectivity index (χ2n) is 7.63. The Labute approximate surface area is 187 Å². The molecule has 0 fully saturated rings. The van der Waals surface area contributed by atoms with Crippen molar-refractivity contribution in [3.63, 3.8) is 0 Å². The number of aliphatic hydroxyl groups is 1. The van der Waals surface area contributed by atoms with Gasteiger partial charge in [0.2, 0.25) is 5.78 Å². The van der Waals surface area contributed by atoms with Gasteiger partial charge in [-0.15, -0.1) is 15.3 Å². The van der Waals surface area contributed by atoms with Gasteiger partial charge < -0.3 is 10.2 Å². The number of amides is 2. The van der Waals surface area contributed by atoms with Gasteiger partial charge in [0.05, 0.1) is 23.4 Å². The molecule has 2 aromatic rings. The standard InChI is InChI=1S/C24H17N3O6/c28-14-9-10-15-17(11-14)22(30)20(21(15)29)26-25-18-8-4-7-16-19(18)24(32)27(23(16)31)33-12-13-5-2-1-3-6-13/h1-2,4-5,7-11,28-29H,3,6,12H2. The van der Waals surface area contributed by atoms with E-state index in [1.54, 1.807) is 0 Å². The van der Waals surface area contributed by atoms with Crippen LogP contribution in [0.2, 0.25) is 0 Å². The van der Waals surface area contributed by atoms with Crippen LogP contribution in [-0.4, -0.2) is 39.5 Å². The minimum Gasteiger partial charge on any atom is -0.508 e. The van der Waals surface area contributed by atoms with Crippen molar-refractivity contribution in [2.24, 2.45) is 10.2 Å². The second kappa shape index (κ2) is 7.95. The Hall–Kier alpha value is -4.37. The van der Waals surface area contributed by atoms with Gasteiger partial charge in [0.25, 0.3) is 11.8 Å². The number of azo groups is 1. The molecule has 0 bridgehead atoms. The molecule has 2 N–H and O–H groups in total. The predicted octanol–water partition coefficient (Wildman–Crippen LogP) is 4.40. The van der Waals surface area contributed by atoms with Gasteiger partial charge in [0.15, 0.2) is 11.5 Å². The fourth-order valence-electron chi connectivity index (χ4n) is 3.85. The zero-order valence-corrected chi connectivity index (χ0v) is 17.2. The van der Waals surface area contributed by atoms with Crippen LogP contribution in [0.25, 0.3) is 5.76 Å². The number of aliphatic hydroxyl groups excluding tert-OH is 1. The third kappa shape index (κ3) is 3.44. The van der Waals surface area contributed by atoms with Crippen LogP contribution in [0.3, 0.4) is 0 Å². The fraction of sp³-hybridized carbons (Fsp3) is 0.125. The van der Waals surface area contributed by atoms with Crippen LogP contribution in [0, 0.1) is 0 Å². The number of rotatable bonds is 5. The van der Waals surface area contributed by atoms with Crippen LogP contribution in [0.1, 0.15) is 49.5 Å². The quantitative estimate of drug-likeness (QED) is 0.520. The maximum absolute atomic E-state index is 12.9. The molecule has 0 aromatic heterocycles. The number of nitrogens with zero attached hydrogens (tertiary/aromatic N) is 3. The van der Waals surface area contributed by atoms with Gasteiger partial charge in [-0.3, -0.25) is 19.2 Å². The average molecular weight is 443 g/mol. The summed E-state index contributed by atoms with van der Waals surface area (Å²) in [6.07, 6.45) is 7.46. The van der Waals surface area contributed by atoms with Crippen molar-refractivity contribution in [3.05, 3.63) is 88.2 Å². The molecular weight excluding hydrogens is 426 g/mol. The molecule has 9 heteroatoms. The van der Waals surface area contributed by atoms with Crippen molar-refractivity contribution in [3.8, 4) is 5.75 Å². The molecule has 0 spiro atoms. The van der Waals surface area contributed by atoms with E-state index in [4.69, 9.17) is 4.84 Å². The van der Waals surface area contributed by atoms with Crippen LogP contribution < -0.4 is 0 Å². The summed E-state index contributed by atoms with van der Waals surface area (Å²) >= 11 is 0. The van der Waals surface area contributed by atoms with Gasteiger partial charge in [-0.2, -0.15) is 0 Å². The number of hydroxylamine groups is 2. The molecule has 164 valence electrons. The summed E-state index contributed by atoms with van der Waals surface area (Å²) in [4.78, 5) is 43.7. The highest BCUT2D eigenvalue weighted by Gasteiger charge is 2.39. The molecule has 0 atom stereocenters. The Bertz CT molecular complexity index is 1350. The van der Waals surface area contributed by atoms with Gasteiger partial charge in [-0.05, 0) is 48.7 Å². The van der Waals surface area contributed by atoms with E-state index in [0.717, 1.165) is 18.4 Å². The van der Waals surface area contributed by atoms with Crippen molar-refractivity contribution < 1.29 is 29.4 Å². The second-order valence-corrected chi connectivity index (χ2v) is 7.63. The maximum atomic E-state index is 12.9. The van der Waals surface area contributed by atoms with E-state index in [1.807, 2.05) is 18.2 Å². The smallest absolute Gasteiger partial charge is 0.288 e.